The van der Waals surface area contributed by atoms with Gasteiger partial charge in [0, 0.05) is 18.0 Å². The molecule has 1 aliphatic rings. The first kappa shape index (κ1) is 13.4. The highest BCUT2D eigenvalue weighted by molar-refractivity contribution is 5.95. The maximum Gasteiger partial charge on any atom is 0.335 e. The van der Waals surface area contributed by atoms with E-state index in [1.54, 1.807) is 0 Å². The van der Waals surface area contributed by atoms with Crippen LogP contribution in [0, 0.1) is 0 Å². The van der Waals surface area contributed by atoms with Crippen LogP contribution < -0.4 is 5.32 Å². The number of carbonyl (C=O) groups is 2. The van der Waals surface area contributed by atoms with Crippen LogP contribution in [0.5, 0.6) is 0 Å². The lowest BCUT2D eigenvalue weighted by Crippen LogP contribution is -2.33. The summed E-state index contributed by atoms with van der Waals surface area (Å²) in [5, 5.41) is 11.7. The zero-order chi connectivity index (χ0) is 14.8. The van der Waals surface area contributed by atoms with Crippen LogP contribution in [0.3, 0.4) is 0 Å². The van der Waals surface area contributed by atoms with Gasteiger partial charge in [0.2, 0.25) is 0 Å². The molecule has 2 aromatic rings. The smallest absolute Gasteiger partial charge is 0.335 e. The number of carboxylic acids is 1. The number of benzene rings is 2. The van der Waals surface area contributed by atoms with Gasteiger partial charge in [0.1, 0.15) is 0 Å². The second-order valence-corrected chi connectivity index (χ2v) is 5.19. The Morgan fingerprint density at radius 2 is 1.71 bits per heavy atom. The minimum absolute atomic E-state index is 0.170. The lowest BCUT2D eigenvalue weighted by Gasteiger charge is -2.30. The van der Waals surface area contributed by atoms with Gasteiger partial charge in [-0.05, 0) is 41.8 Å². The number of hydrogen-bond acceptors (Lipinski definition) is 2. The molecule has 106 valence electrons. The predicted octanol–water partition coefficient (Wildman–Crippen LogP) is 2.45. The molecule has 2 N–H and O–H groups in total. The van der Waals surface area contributed by atoms with Gasteiger partial charge in [-0.2, -0.15) is 0 Å². The Bertz CT molecular complexity index is 691. The van der Waals surface area contributed by atoms with Gasteiger partial charge in [0.15, 0.2) is 0 Å². The molecule has 0 spiro atoms. The maximum absolute atomic E-state index is 12.0. The molecule has 0 aliphatic heterocycles. The van der Waals surface area contributed by atoms with E-state index in [4.69, 9.17) is 5.11 Å². The summed E-state index contributed by atoms with van der Waals surface area (Å²) in [5.41, 5.74) is 3.31. The second kappa shape index (κ2) is 5.40. The van der Waals surface area contributed by atoms with Crippen LogP contribution in [0.1, 0.15) is 37.8 Å². The Balaban J connectivity index is 1.59. The van der Waals surface area contributed by atoms with Crippen LogP contribution in [0.15, 0.2) is 48.5 Å². The van der Waals surface area contributed by atoms with Crippen molar-refractivity contribution in [3.05, 3.63) is 70.8 Å². The number of hydrogen-bond donors (Lipinski definition) is 2. The average Bonchev–Trinajstić information content (AvgIpc) is 2.48. The number of nitrogens with one attached hydrogen (secondary N) is 1. The lowest BCUT2D eigenvalue weighted by atomic mass is 9.77. The molecule has 2 aromatic carbocycles. The van der Waals surface area contributed by atoms with Gasteiger partial charge in [-0.3, -0.25) is 4.79 Å². The quantitative estimate of drug-likeness (QED) is 0.904. The van der Waals surface area contributed by atoms with Crippen LogP contribution in [0.4, 0.5) is 0 Å². The fourth-order valence-electron chi connectivity index (χ4n) is 2.63. The topological polar surface area (TPSA) is 66.4 Å². The molecular weight excluding hydrogens is 266 g/mol. The average molecular weight is 281 g/mol. The number of carbonyl (C=O) groups excluding carboxylic acids is 1. The van der Waals surface area contributed by atoms with Crippen molar-refractivity contribution in [3.8, 4) is 0 Å². The maximum atomic E-state index is 12.0. The minimum atomic E-state index is -0.993. The summed E-state index contributed by atoms with van der Waals surface area (Å²) in [6.07, 6.45) is 0.994. The first-order valence-corrected chi connectivity index (χ1v) is 6.84. The molecule has 21 heavy (non-hydrogen) atoms. The monoisotopic (exact) mass is 281 g/mol. The molecule has 3 rings (SSSR count). The normalized spacial score (nSPS) is 15.7. The SMILES string of the molecule is O=C(O)c1ccc(C(=O)NCC2Cc3ccccc32)cc1. The number of fused-ring (bicyclic) bond motifs is 1. The largest absolute Gasteiger partial charge is 0.478 e. The summed E-state index contributed by atoms with van der Waals surface area (Å²) in [6, 6.07) is 14.2. The number of carboxylic acid groups (broad SMARTS) is 1. The zero-order valence-corrected chi connectivity index (χ0v) is 11.4. The molecule has 0 radical (unpaired) electrons. The van der Waals surface area contributed by atoms with E-state index >= 15 is 0 Å². The van der Waals surface area contributed by atoms with Crippen molar-refractivity contribution in [2.24, 2.45) is 0 Å². The van der Waals surface area contributed by atoms with E-state index in [2.05, 4.69) is 17.4 Å². The van der Waals surface area contributed by atoms with E-state index in [0.717, 1.165) is 6.42 Å². The van der Waals surface area contributed by atoms with Gasteiger partial charge in [-0.1, -0.05) is 24.3 Å². The van der Waals surface area contributed by atoms with E-state index in [1.165, 1.54) is 35.4 Å². The van der Waals surface area contributed by atoms with Gasteiger partial charge in [-0.25, -0.2) is 4.79 Å². The molecule has 0 bridgehead atoms. The molecule has 0 heterocycles. The summed E-state index contributed by atoms with van der Waals surface area (Å²) in [7, 11) is 0. The number of aromatic carboxylic acids is 1. The second-order valence-electron chi connectivity index (χ2n) is 5.19. The van der Waals surface area contributed by atoms with E-state index in [9.17, 15) is 9.59 Å². The first-order valence-electron chi connectivity index (χ1n) is 6.84. The van der Waals surface area contributed by atoms with Gasteiger partial charge in [-0.15, -0.1) is 0 Å². The standard InChI is InChI=1S/C17H15NO3/c19-16(11-5-7-12(8-6-11)17(20)21)18-10-14-9-13-3-1-2-4-15(13)14/h1-8,14H,9-10H2,(H,18,19)(H,20,21). The molecule has 4 nitrogen and oxygen atoms in total. The number of amides is 1. The summed E-state index contributed by atoms with van der Waals surface area (Å²) >= 11 is 0. The van der Waals surface area contributed by atoms with Crippen LogP contribution in [0.25, 0.3) is 0 Å². The van der Waals surface area contributed by atoms with Crippen molar-refractivity contribution in [3.63, 3.8) is 0 Å². The highest BCUT2D eigenvalue weighted by Gasteiger charge is 2.25. The Kier molecular flexibility index (Phi) is 3.44. The Morgan fingerprint density at radius 1 is 1.05 bits per heavy atom. The van der Waals surface area contributed by atoms with Crippen molar-refractivity contribution in [2.45, 2.75) is 12.3 Å². The van der Waals surface area contributed by atoms with Crippen molar-refractivity contribution < 1.29 is 14.7 Å². The summed E-state index contributed by atoms with van der Waals surface area (Å²) in [4.78, 5) is 22.8. The van der Waals surface area contributed by atoms with Crippen molar-refractivity contribution in [2.75, 3.05) is 6.54 Å². The Hall–Kier alpha value is -2.62. The van der Waals surface area contributed by atoms with E-state index in [-0.39, 0.29) is 11.5 Å². The molecule has 0 saturated carbocycles. The van der Waals surface area contributed by atoms with Gasteiger partial charge < -0.3 is 10.4 Å². The molecule has 1 unspecified atom stereocenters. The summed E-state index contributed by atoms with van der Waals surface area (Å²) in [5.74, 6) is -0.784. The molecule has 1 amide bonds. The third-order valence-electron chi connectivity index (χ3n) is 3.86. The third-order valence-corrected chi connectivity index (χ3v) is 3.86. The molecule has 0 saturated heterocycles. The molecular formula is C17H15NO3. The van der Waals surface area contributed by atoms with E-state index in [1.807, 2.05) is 12.1 Å². The zero-order valence-electron chi connectivity index (χ0n) is 11.4. The van der Waals surface area contributed by atoms with Crippen LogP contribution in [-0.2, 0) is 6.42 Å². The predicted molar refractivity (Wildman–Crippen MR) is 78.6 cm³/mol. The molecule has 0 fully saturated rings. The van der Waals surface area contributed by atoms with Gasteiger partial charge >= 0.3 is 5.97 Å². The van der Waals surface area contributed by atoms with Crippen LogP contribution in [-0.4, -0.2) is 23.5 Å². The van der Waals surface area contributed by atoms with Gasteiger partial charge in [0.05, 0.1) is 5.56 Å². The molecule has 1 atom stereocenters. The molecule has 1 aliphatic carbocycles. The fourth-order valence-corrected chi connectivity index (χ4v) is 2.63. The fraction of sp³-hybridized carbons (Fsp3) is 0.176. The summed E-state index contributed by atoms with van der Waals surface area (Å²) < 4.78 is 0. The van der Waals surface area contributed by atoms with E-state index < -0.39 is 5.97 Å². The minimum Gasteiger partial charge on any atom is -0.478 e. The molecule has 0 aromatic heterocycles. The molecule has 4 heteroatoms. The van der Waals surface area contributed by atoms with Crippen LogP contribution >= 0.6 is 0 Å². The lowest BCUT2D eigenvalue weighted by molar-refractivity contribution is 0.0696. The van der Waals surface area contributed by atoms with Crippen molar-refractivity contribution in [1.82, 2.24) is 5.32 Å². The Morgan fingerprint density at radius 3 is 2.38 bits per heavy atom. The Labute approximate surface area is 122 Å². The van der Waals surface area contributed by atoms with Gasteiger partial charge in [0.25, 0.3) is 5.91 Å². The third kappa shape index (κ3) is 2.65. The van der Waals surface area contributed by atoms with Crippen molar-refractivity contribution >= 4 is 11.9 Å². The first-order chi connectivity index (χ1) is 10.1. The van der Waals surface area contributed by atoms with Crippen LogP contribution in [0.2, 0.25) is 0 Å². The van der Waals surface area contributed by atoms with Crippen molar-refractivity contribution in [1.29, 1.82) is 0 Å². The highest BCUT2D eigenvalue weighted by Crippen LogP contribution is 2.33. The number of rotatable bonds is 4. The summed E-state index contributed by atoms with van der Waals surface area (Å²) in [6.45, 7) is 0.608. The van der Waals surface area contributed by atoms with E-state index in [0.29, 0.717) is 18.0 Å². The highest BCUT2D eigenvalue weighted by atomic mass is 16.4.